The summed E-state index contributed by atoms with van der Waals surface area (Å²) < 4.78 is 0. The molecule has 0 radical (unpaired) electrons. The third-order valence-corrected chi connectivity index (χ3v) is 1.63. The van der Waals surface area contributed by atoms with Crippen LogP contribution in [0.5, 0.6) is 0 Å². The summed E-state index contributed by atoms with van der Waals surface area (Å²) in [4.78, 5) is 2.28. The molecule has 0 saturated heterocycles. The van der Waals surface area contributed by atoms with Crippen molar-refractivity contribution in [2.24, 2.45) is 0 Å². The van der Waals surface area contributed by atoms with Crippen molar-refractivity contribution < 1.29 is 0 Å². The van der Waals surface area contributed by atoms with E-state index >= 15 is 0 Å². The van der Waals surface area contributed by atoms with E-state index in [1.165, 1.54) is 0 Å². The van der Waals surface area contributed by atoms with Crippen LogP contribution >= 0.6 is 0 Å². The van der Waals surface area contributed by atoms with Crippen molar-refractivity contribution in [3.8, 4) is 0 Å². The van der Waals surface area contributed by atoms with E-state index in [2.05, 4.69) is 45.0 Å². The molecule has 0 rings (SSSR count). The molecule has 0 unspecified atom stereocenters. The molecule has 0 fully saturated rings. The normalized spacial score (nSPS) is 12.0. The zero-order valence-corrected chi connectivity index (χ0v) is 7.81. The van der Waals surface area contributed by atoms with Gasteiger partial charge < -0.3 is 5.32 Å². The maximum Gasteiger partial charge on any atom is 0.0482 e. The van der Waals surface area contributed by atoms with Gasteiger partial charge in [-0.3, -0.25) is 4.90 Å². The predicted octanol–water partition coefficient (Wildman–Crippen LogP) is 1.28. The van der Waals surface area contributed by atoms with Crippen molar-refractivity contribution in [3.05, 3.63) is 0 Å². The van der Waals surface area contributed by atoms with Crippen LogP contribution in [0.2, 0.25) is 0 Å². The Morgan fingerprint density at radius 2 is 1.70 bits per heavy atom. The largest absolute Gasteiger partial charge is 0.302 e. The van der Waals surface area contributed by atoms with Crippen LogP contribution in [-0.4, -0.2) is 30.7 Å². The fourth-order valence-corrected chi connectivity index (χ4v) is 0.509. The highest BCUT2D eigenvalue weighted by molar-refractivity contribution is 4.57. The van der Waals surface area contributed by atoms with Gasteiger partial charge in [-0.15, -0.1) is 0 Å². The summed E-state index contributed by atoms with van der Waals surface area (Å²) in [6.45, 7) is 9.70. The van der Waals surface area contributed by atoms with Crippen molar-refractivity contribution >= 4 is 0 Å². The lowest BCUT2D eigenvalue weighted by atomic mass is 10.3. The smallest absolute Gasteiger partial charge is 0.0482 e. The Hall–Kier alpha value is -0.0800. The molecule has 0 aromatic rings. The summed E-state index contributed by atoms with van der Waals surface area (Å²) in [7, 11) is 2.13. The first-order valence-corrected chi connectivity index (χ1v) is 3.97. The van der Waals surface area contributed by atoms with E-state index in [-0.39, 0.29) is 0 Å². The quantitative estimate of drug-likeness (QED) is 0.598. The number of nitrogens with one attached hydrogen (secondary N) is 1. The molecular formula is C8H20N2. The lowest BCUT2D eigenvalue weighted by molar-refractivity contribution is 0.244. The lowest BCUT2D eigenvalue weighted by Crippen LogP contribution is -2.38. The van der Waals surface area contributed by atoms with Gasteiger partial charge in [-0.1, -0.05) is 0 Å². The minimum Gasteiger partial charge on any atom is -0.302 e. The standard InChI is InChI=1S/C8H20N2/c1-7(2)9-6-10(5)8(3)4/h7-9H,6H2,1-5H3. The molecule has 0 amide bonds. The maximum absolute atomic E-state index is 3.35. The van der Waals surface area contributed by atoms with Crippen LogP contribution in [0.4, 0.5) is 0 Å². The molecule has 0 spiro atoms. The van der Waals surface area contributed by atoms with Crippen LogP contribution in [0, 0.1) is 0 Å². The maximum atomic E-state index is 3.35. The molecular weight excluding hydrogens is 124 g/mol. The lowest BCUT2D eigenvalue weighted by Gasteiger charge is -2.22. The molecule has 62 valence electrons. The van der Waals surface area contributed by atoms with Gasteiger partial charge in [0.25, 0.3) is 0 Å². The molecule has 0 heterocycles. The topological polar surface area (TPSA) is 15.3 Å². The number of rotatable bonds is 4. The van der Waals surface area contributed by atoms with Gasteiger partial charge in [0.2, 0.25) is 0 Å². The Morgan fingerprint density at radius 3 is 2.00 bits per heavy atom. The Bertz CT molecular complexity index is 79.3. The average molecular weight is 144 g/mol. The van der Waals surface area contributed by atoms with Crippen LogP contribution in [0.15, 0.2) is 0 Å². The minimum atomic E-state index is 0.584. The van der Waals surface area contributed by atoms with E-state index < -0.39 is 0 Å². The monoisotopic (exact) mass is 144 g/mol. The fourth-order valence-electron chi connectivity index (χ4n) is 0.509. The molecule has 0 saturated carbocycles. The van der Waals surface area contributed by atoms with E-state index in [1.807, 2.05) is 0 Å². The van der Waals surface area contributed by atoms with Crippen LogP contribution in [0.25, 0.3) is 0 Å². The van der Waals surface area contributed by atoms with E-state index in [0.29, 0.717) is 12.1 Å². The first kappa shape index (κ1) is 9.92. The first-order chi connectivity index (χ1) is 4.54. The van der Waals surface area contributed by atoms with E-state index in [1.54, 1.807) is 0 Å². The highest BCUT2D eigenvalue weighted by atomic mass is 15.2. The SMILES string of the molecule is CC(C)NCN(C)C(C)C. The summed E-state index contributed by atoms with van der Waals surface area (Å²) in [6, 6.07) is 1.22. The third-order valence-electron chi connectivity index (χ3n) is 1.63. The van der Waals surface area contributed by atoms with Crippen LogP contribution < -0.4 is 5.32 Å². The molecule has 0 bridgehead atoms. The molecule has 0 aliphatic carbocycles. The Balaban J connectivity index is 3.30. The van der Waals surface area contributed by atoms with Gasteiger partial charge in [-0.05, 0) is 34.7 Å². The van der Waals surface area contributed by atoms with E-state index in [0.717, 1.165) is 6.67 Å². The molecule has 0 aliphatic rings. The molecule has 10 heavy (non-hydrogen) atoms. The van der Waals surface area contributed by atoms with Crippen LogP contribution in [0.1, 0.15) is 27.7 Å². The summed E-state index contributed by atoms with van der Waals surface area (Å²) in [5.41, 5.74) is 0. The second kappa shape index (κ2) is 4.69. The van der Waals surface area contributed by atoms with Crippen molar-refractivity contribution in [1.29, 1.82) is 0 Å². The van der Waals surface area contributed by atoms with Crippen molar-refractivity contribution in [2.45, 2.75) is 39.8 Å². The Kier molecular flexibility index (Phi) is 4.65. The highest BCUT2D eigenvalue weighted by Crippen LogP contribution is 1.90. The third kappa shape index (κ3) is 4.77. The summed E-state index contributed by atoms with van der Waals surface area (Å²) >= 11 is 0. The van der Waals surface area contributed by atoms with Gasteiger partial charge in [-0.2, -0.15) is 0 Å². The predicted molar refractivity (Wildman–Crippen MR) is 46.0 cm³/mol. The Labute approximate surface area is 64.6 Å². The molecule has 2 nitrogen and oxygen atoms in total. The van der Waals surface area contributed by atoms with Crippen molar-refractivity contribution in [1.82, 2.24) is 10.2 Å². The van der Waals surface area contributed by atoms with Gasteiger partial charge in [-0.25, -0.2) is 0 Å². The number of hydrogen-bond donors (Lipinski definition) is 1. The zero-order chi connectivity index (χ0) is 8.15. The zero-order valence-electron chi connectivity index (χ0n) is 7.81. The second-order valence-electron chi connectivity index (χ2n) is 3.37. The number of hydrogen-bond acceptors (Lipinski definition) is 2. The van der Waals surface area contributed by atoms with Crippen LogP contribution in [0.3, 0.4) is 0 Å². The van der Waals surface area contributed by atoms with Gasteiger partial charge in [0.05, 0.1) is 0 Å². The summed E-state index contributed by atoms with van der Waals surface area (Å²) in [6.07, 6.45) is 0. The second-order valence-corrected chi connectivity index (χ2v) is 3.37. The van der Waals surface area contributed by atoms with Gasteiger partial charge >= 0.3 is 0 Å². The summed E-state index contributed by atoms with van der Waals surface area (Å²) in [5.74, 6) is 0. The molecule has 0 aromatic heterocycles. The van der Waals surface area contributed by atoms with Crippen LogP contribution in [-0.2, 0) is 0 Å². The molecule has 1 N–H and O–H groups in total. The highest BCUT2D eigenvalue weighted by Gasteiger charge is 2.01. The van der Waals surface area contributed by atoms with Gasteiger partial charge in [0.1, 0.15) is 0 Å². The first-order valence-electron chi connectivity index (χ1n) is 3.97. The Morgan fingerprint density at radius 1 is 1.20 bits per heavy atom. The van der Waals surface area contributed by atoms with E-state index in [9.17, 15) is 0 Å². The van der Waals surface area contributed by atoms with Gasteiger partial charge in [0.15, 0.2) is 0 Å². The molecule has 0 aliphatic heterocycles. The molecule has 0 atom stereocenters. The van der Waals surface area contributed by atoms with E-state index in [4.69, 9.17) is 0 Å². The molecule has 2 heteroatoms. The fraction of sp³-hybridized carbons (Fsp3) is 1.00. The minimum absolute atomic E-state index is 0.584. The summed E-state index contributed by atoms with van der Waals surface area (Å²) in [5, 5.41) is 3.35. The molecule has 0 aromatic carbocycles. The van der Waals surface area contributed by atoms with Crippen molar-refractivity contribution in [2.75, 3.05) is 13.7 Å². The number of nitrogens with zero attached hydrogens (tertiary/aromatic N) is 1. The van der Waals surface area contributed by atoms with Gasteiger partial charge in [0, 0.05) is 18.8 Å². The van der Waals surface area contributed by atoms with Crippen molar-refractivity contribution in [3.63, 3.8) is 0 Å². The average Bonchev–Trinajstić information content (AvgIpc) is 1.82.